The number of nitro groups is 1. The zero-order chi connectivity index (χ0) is 97.6. The van der Waals surface area contributed by atoms with Crippen molar-refractivity contribution in [3.8, 4) is 0 Å². The first-order valence-corrected chi connectivity index (χ1v) is 55.2. The molecule has 0 radical (unpaired) electrons. The summed E-state index contributed by atoms with van der Waals surface area (Å²) in [5.74, 6) is 12.6. The number of ether oxygens (including phenoxy) is 3. The first-order valence-electron chi connectivity index (χ1n) is 43.3. The van der Waals surface area contributed by atoms with Gasteiger partial charge < -0.3 is 19.9 Å². The third-order valence-corrected chi connectivity index (χ3v) is 26.6. The van der Waals surface area contributed by atoms with Crippen LogP contribution in [0.15, 0.2) is 65.7 Å². The maximum absolute atomic E-state index is 11.8. The number of hydrogen-bond acceptors (Lipinski definition) is 20. The van der Waals surface area contributed by atoms with Crippen molar-refractivity contribution >= 4 is 128 Å². The Morgan fingerprint density at radius 1 is 0.538 bits per heavy atom. The fourth-order valence-corrected chi connectivity index (χ4v) is 14.6. The lowest BCUT2D eigenvalue weighted by Crippen LogP contribution is -2.17. The van der Waals surface area contributed by atoms with Crippen LogP contribution in [-0.4, -0.2) is 135 Å². The van der Waals surface area contributed by atoms with E-state index in [-0.39, 0.29) is 46.5 Å². The molecule has 0 aliphatic carbocycles. The molecule has 722 valence electrons. The molecule has 0 bridgehead atoms. The normalized spacial score (nSPS) is 10.8. The Hall–Kier alpha value is -0.930. The number of esters is 3. The lowest BCUT2D eigenvalue weighted by molar-refractivity contribution is -0.513. The number of nitrogens with two attached hydrogens (primary N) is 1. The van der Waals surface area contributed by atoms with Crippen molar-refractivity contribution in [1.29, 1.82) is 0 Å². The largest absolute Gasteiger partial charge is 0.466 e. The third-order valence-electron chi connectivity index (χ3n) is 11.8. The maximum Gasteiger partial charge on any atom is 0.308 e. The van der Waals surface area contributed by atoms with Gasteiger partial charge in [-0.3, -0.25) is 24.5 Å². The van der Waals surface area contributed by atoms with Crippen molar-refractivity contribution in [1.82, 2.24) is 0 Å². The average Bonchev–Trinajstić information content (AvgIpc) is 0.955. The molecule has 26 heteroatoms. The predicted molar refractivity (Wildman–Crippen MR) is 560 cm³/mol. The van der Waals surface area contributed by atoms with E-state index in [2.05, 4.69) is 242 Å². The molecule has 0 spiro atoms. The van der Waals surface area contributed by atoms with Gasteiger partial charge in [0.1, 0.15) is 6.61 Å². The fraction of sp³-hybridized carbons (Fsp3) is 0.860. The van der Waals surface area contributed by atoms with Crippen molar-refractivity contribution in [2.24, 2.45) is 93.7 Å². The van der Waals surface area contributed by atoms with E-state index >= 15 is 0 Å². The molecule has 13 nitrogen and oxygen atoms in total. The molecule has 0 fully saturated rings. The molecule has 2 unspecified atom stereocenters. The van der Waals surface area contributed by atoms with Gasteiger partial charge in [-0.05, 0) is 129 Å². The van der Waals surface area contributed by atoms with Crippen molar-refractivity contribution in [3.05, 3.63) is 76.2 Å². The topological polar surface area (TPSA) is 197 Å². The number of hydrogen-bond donors (Lipinski definition) is 1. The molecule has 2 atom stereocenters. The number of alkyl halides is 3. The highest BCUT2D eigenvalue weighted by Gasteiger charge is 2.25. The van der Waals surface area contributed by atoms with E-state index in [4.69, 9.17) is 16.0 Å². The van der Waals surface area contributed by atoms with E-state index in [9.17, 15) is 37.7 Å². The number of carbonyl (C=O) groups is 3. The number of thioether (sulfide) groups is 2. The molecule has 2 N–H and O–H groups in total. The van der Waals surface area contributed by atoms with E-state index in [1.54, 1.807) is 54.5 Å². The summed E-state index contributed by atoms with van der Waals surface area (Å²) in [6.45, 7) is 99.6. The minimum absolute atomic E-state index is 0.00921. The second-order valence-electron chi connectivity index (χ2n) is 34.1. The summed E-state index contributed by atoms with van der Waals surface area (Å²) < 4.78 is 50.0. The summed E-state index contributed by atoms with van der Waals surface area (Å²) in [6.07, 6.45) is 7.42. The summed E-state index contributed by atoms with van der Waals surface area (Å²) in [5, 5.41) is 14.5. The predicted octanol–water partition coefficient (Wildman–Crippen LogP) is 34.5. The van der Waals surface area contributed by atoms with Crippen LogP contribution in [0, 0.1) is 93.0 Å². The van der Waals surface area contributed by atoms with Crippen LogP contribution in [0.3, 0.4) is 0 Å². The van der Waals surface area contributed by atoms with Crippen LogP contribution in [0.1, 0.15) is 324 Å². The lowest BCUT2D eigenvalue weighted by atomic mass is 10.1. The lowest BCUT2D eigenvalue weighted by Gasteiger charge is -2.16. The summed E-state index contributed by atoms with van der Waals surface area (Å²) >= 11 is 3.97. The Morgan fingerprint density at radius 3 is 1.07 bits per heavy atom. The number of halogens is 3. The van der Waals surface area contributed by atoms with E-state index in [1.807, 2.05) is 185 Å². The maximum atomic E-state index is 11.8. The zero-order valence-corrected chi connectivity index (χ0v) is 93.6. The second kappa shape index (κ2) is 113. The van der Waals surface area contributed by atoms with Gasteiger partial charge in [0.2, 0.25) is 12.0 Å². The molecule has 0 saturated carbocycles. The monoisotopic (exact) mass is 1890 g/mol. The minimum Gasteiger partial charge on any atom is -0.466 e. The SMILES string of the molecule is C=CCC(C)C.C=CCOC(=O)C(C)C.CC(C)C(C)(F)F.CC(C)C(C)F.CC(C)CN=[N+]=[N-].CC(C)CSSC(C)(C)C.CC(C)CSSC(C)C.CC(C)CSc1ccccc1.CC(C)N.CC(C)[N+](=O)[O-].CCC(C)C.CCOC(=O)C(C)C.CCOC(=O)C(C)C.CCSC(C)C(C)C.CCSSCC(C)C.CSSCC(C)C. The molecule has 0 heterocycles. The molecular formula is C93H196F3N5O8S10. The first-order chi connectivity index (χ1) is 54.4. The number of allylic oxidation sites excluding steroid dienone is 1. The van der Waals surface area contributed by atoms with Crippen molar-refractivity contribution in [2.45, 2.75) is 369 Å². The molecule has 119 heavy (non-hydrogen) atoms. The van der Waals surface area contributed by atoms with Crippen LogP contribution in [0.2, 0.25) is 0 Å². The van der Waals surface area contributed by atoms with E-state index in [1.165, 1.54) is 65.4 Å². The van der Waals surface area contributed by atoms with Gasteiger partial charge in [0.25, 0.3) is 0 Å². The van der Waals surface area contributed by atoms with Gasteiger partial charge in [0, 0.05) is 90.8 Å². The Balaban J connectivity index is -0.0000000749. The van der Waals surface area contributed by atoms with Crippen LogP contribution < -0.4 is 5.73 Å². The summed E-state index contributed by atoms with van der Waals surface area (Å²) in [4.78, 5) is 44.8. The van der Waals surface area contributed by atoms with E-state index in [0.717, 1.165) is 71.2 Å². The molecule has 0 aromatic heterocycles. The van der Waals surface area contributed by atoms with Crippen molar-refractivity contribution in [2.75, 3.05) is 72.9 Å². The highest BCUT2D eigenvalue weighted by molar-refractivity contribution is 8.77. The molecule has 1 aromatic carbocycles. The second-order valence-corrected chi connectivity index (χ2v) is 48.4. The number of benzene rings is 1. The van der Waals surface area contributed by atoms with Gasteiger partial charge in [-0.1, -0.05) is 405 Å². The molecule has 0 amide bonds. The number of carbonyl (C=O) groups excluding carboxylic acids is 3. The van der Waals surface area contributed by atoms with Gasteiger partial charge in [0.15, 0.2) is 0 Å². The standard InChI is InChI=1S/C10H14S.C8H18S2.C7H12O2.C7H16S2.C7H16S.2C6H12O2.C6H14S2.C6H12.C5H10F2.C5H11F.C5H12S2.C5H12.C4H9N3.C3H7NO2.C3H9N/c1-9(2)8-11-10-6-4-3-5-7-10;1-7(2)6-9-10-8(3,4)5;1-4-5-9-7(8)6(2)3;1-6(2)5-8-9-7(3)4;1-5-8-7(4)6(2)3;2*1-4-8-6(7)5(2)3;1-4-7-8-5-6(2)3;1-4-5-6(2)3;1-4(2)5(3,6)7;1-4(2)5(3)6;1-5(2)4-7-6-3;1-4-5(2)3;1-4(2)3-6-7-5;1-3(2)4(5)6;1-3(2)4/h3-7,9H,8H2,1-2H3;7H,6H2,1-5H3;4,6H,1,5H2,2-3H3;6-7H,5H2,1-4H3;6-7H,5H2,1-4H3;2*5H,4H2,1-3H3;6H,4-5H2,1-3H3;4,6H,1,5H2,2-3H3;4H,1-3H3;4-5H,1-3H3;5H,4H2,1-3H3;5H,4H2,1-3H3;4H,3H2,1-2H3;3H,1-2H3;3H,4H2,1-2H3. The van der Waals surface area contributed by atoms with Gasteiger partial charge in [0.05, 0.1) is 37.1 Å². The summed E-state index contributed by atoms with van der Waals surface area (Å²) in [6, 6.07) is 10.5. The van der Waals surface area contributed by atoms with Crippen LogP contribution in [0.5, 0.6) is 0 Å². The van der Waals surface area contributed by atoms with Gasteiger partial charge in [-0.15, -0.1) is 18.3 Å². The highest BCUT2D eigenvalue weighted by Crippen LogP contribution is 2.36. The Labute approximate surface area is 779 Å². The zero-order valence-electron chi connectivity index (χ0n) is 85.5. The molecule has 0 saturated heterocycles. The highest BCUT2D eigenvalue weighted by atomic mass is 33.1. The number of azide groups is 1. The molecule has 0 aliphatic heterocycles. The Kier molecular flexibility index (Phi) is 145. The van der Waals surface area contributed by atoms with E-state index < -0.39 is 24.1 Å². The van der Waals surface area contributed by atoms with Gasteiger partial charge >= 0.3 is 17.9 Å². The van der Waals surface area contributed by atoms with Crippen molar-refractivity contribution in [3.63, 3.8) is 0 Å². The number of rotatable bonds is 35. The van der Waals surface area contributed by atoms with Crippen LogP contribution >= 0.6 is 110 Å². The Bertz CT molecular complexity index is 2190. The smallest absolute Gasteiger partial charge is 0.308 e. The molecule has 0 aliphatic rings. The Morgan fingerprint density at radius 2 is 0.882 bits per heavy atom. The average molecular weight is 1890 g/mol. The van der Waals surface area contributed by atoms with Crippen molar-refractivity contribution < 1.29 is 46.7 Å². The quantitative estimate of drug-likeness (QED) is 0.00575. The summed E-state index contributed by atoms with van der Waals surface area (Å²) in [7, 11) is 15.6. The molecular weight excluding hydrogens is 1690 g/mol. The fourth-order valence-electron chi connectivity index (χ4n) is 3.82. The van der Waals surface area contributed by atoms with Gasteiger partial charge in [-0.25, -0.2) is 13.2 Å². The van der Waals surface area contributed by atoms with Gasteiger partial charge in [-0.2, -0.15) is 11.8 Å². The first kappa shape index (κ1) is 152. The molecule has 1 aromatic rings. The third kappa shape index (κ3) is 209. The van der Waals surface area contributed by atoms with Crippen LogP contribution in [-0.2, 0) is 28.6 Å². The molecule has 1 rings (SSSR count). The van der Waals surface area contributed by atoms with E-state index in [0.29, 0.717) is 43.1 Å². The number of nitrogens with zero attached hydrogens (tertiary/aromatic N) is 4. The van der Waals surface area contributed by atoms with Crippen LogP contribution in [0.25, 0.3) is 10.4 Å². The summed E-state index contributed by atoms with van der Waals surface area (Å²) in [5.41, 5.74) is 12.9. The minimum atomic E-state index is -2.50. The van der Waals surface area contributed by atoms with Crippen LogP contribution in [0.4, 0.5) is 13.2 Å².